The van der Waals surface area contributed by atoms with E-state index >= 15 is 0 Å². The predicted octanol–water partition coefficient (Wildman–Crippen LogP) is 2.10. The first-order valence-corrected chi connectivity index (χ1v) is 9.59. The number of hydrogen-bond acceptors (Lipinski definition) is 3. The second-order valence-corrected chi connectivity index (χ2v) is 9.30. The number of amides is 1. The van der Waals surface area contributed by atoms with Gasteiger partial charge in [0.1, 0.15) is 0 Å². The van der Waals surface area contributed by atoms with E-state index < -0.39 is 16.2 Å². The maximum atomic E-state index is 13.4. The molecular formula is C18H25NO3S. The molecule has 4 nitrogen and oxygen atoms in total. The van der Waals surface area contributed by atoms with Gasteiger partial charge in [0.15, 0.2) is 0 Å². The SMILES string of the molecule is CC1(C)CN(C(=O)C2(c3ccccc3)CCOCC2)CCS1=O. The maximum Gasteiger partial charge on any atom is 0.233 e. The number of carbonyl (C=O) groups is 1. The number of carbonyl (C=O) groups excluding carboxylic acids is 1. The molecule has 0 saturated carbocycles. The number of hydrogen-bond donors (Lipinski definition) is 0. The third-order valence-corrected chi connectivity index (χ3v) is 7.02. The minimum absolute atomic E-state index is 0.178. The van der Waals surface area contributed by atoms with Crippen LogP contribution in [-0.2, 0) is 25.7 Å². The molecule has 126 valence electrons. The number of ether oxygens (including phenoxy) is 1. The summed E-state index contributed by atoms with van der Waals surface area (Å²) in [5.74, 6) is 0.747. The monoisotopic (exact) mass is 335 g/mol. The summed E-state index contributed by atoms with van der Waals surface area (Å²) in [6.45, 7) is 6.36. The molecule has 1 amide bonds. The fourth-order valence-electron chi connectivity index (χ4n) is 3.66. The summed E-state index contributed by atoms with van der Waals surface area (Å²) in [5, 5.41) is 0. The molecule has 2 saturated heterocycles. The van der Waals surface area contributed by atoms with E-state index in [0.29, 0.717) is 32.1 Å². The summed E-state index contributed by atoms with van der Waals surface area (Å²) in [7, 11) is -0.869. The lowest BCUT2D eigenvalue weighted by atomic mass is 9.73. The summed E-state index contributed by atoms with van der Waals surface area (Å²) < 4.78 is 17.3. The molecule has 1 aromatic rings. The highest BCUT2D eigenvalue weighted by Gasteiger charge is 2.46. The van der Waals surface area contributed by atoms with Crippen molar-refractivity contribution in [2.45, 2.75) is 36.9 Å². The lowest BCUT2D eigenvalue weighted by Crippen LogP contribution is -2.58. The average molecular weight is 335 g/mol. The molecule has 2 aliphatic heterocycles. The van der Waals surface area contributed by atoms with E-state index in [1.807, 2.05) is 36.9 Å². The Morgan fingerprint density at radius 2 is 1.83 bits per heavy atom. The van der Waals surface area contributed by atoms with E-state index in [9.17, 15) is 9.00 Å². The first-order valence-electron chi connectivity index (χ1n) is 8.27. The van der Waals surface area contributed by atoms with Gasteiger partial charge in [0.2, 0.25) is 5.91 Å². The van der Waals surface area contributed by atoms with Crippen LogP contribution in [0.2, 0.25) is 0 Å². The molecule has 0 spiro atoms. The third kappa shape index (κ3) is 3.09. The van der Waals surface area contributed by atoms with E-state index in [1.165, 1.54) is 0 Å². The van der Waals surface area contributed by atoms with Gasteiger partial charge in [0.05, 0.1) is 10.2 Å². The molecule has 0 bridgehead atoms. The van der Waals surface area contributed by atoms with Gasteiger partial charge in [-0.1, -0.05) is 30.3 Å². The molecule has 2 fully saturated rings. The largest absolute Gasteiger partial charge is 0.381 e. The van der Waals surface area contributed by atoms with E-state index in [-0.39, 0.29) is 10.7 Å². The molecule has 5 heteroatoms. The average Bonchev–Trinajstić information content (AvgIpc) is 2.58. The van der Waals surface area contributed by atoms with Crippen molar-refractivity contribution < 1.29 is 13.7 Å². The molecule has 23 heavy (non-hydrogen) atoms. The Morgan fingerprint density at radius 3 is 2.43 bits per heavy atom. The van der Waals surface area contributed by atoms with E-state index in [0.717, 1.165) is 18.4 Å². The zero-order valence-corrected chi connectivity index (χ0v) is 14.7. The first-order chi connectivity index (χ1) is 11.0. The van der Waals surface area contributed by atoms with Crippen molar-refractivity contribution in [1.82, 2.24) is 4.90 Å². The van der Waals surface area contributed by atoms with Gasteiger partial charge in [-0.25, -0.2) is 0 Å². The second kappa shape index (κ2) is 6.36. The Kier molecular flexibility index (Phi) is 4.61. The zero-order valence-electron chi connectivity index (χ0n) is 13.9. The van der Waals surface area contributed by atoms with E-state index in [2.05, 4.69) is 12.1 Å². The second-order valence-electron chi connectivity index (χ2n) is 7.10. The van der Waals surface area contributed by atoms with Crippen molar-refractivity contribution in [3.8, 4) is 0 Å². The summed E-state index contributed by atoms with van der Waals surface area (Å²) in [4.78, 5) is 15.4. The summed E-state index contributed by atoms with van der Waals surface area (Å²) in [5.41, 5.74) is 0.590. The van der Waals surface area contributed by atoms with Crippen LogP contribution < -0.4 is 0 Å². The third-order valence-electron chi connectivity index (χ3n) is 5.10. The predicted molar refractivity (Wildman–Crippen MR) is 91.8 cm³/mol. The van der Waals surface area contributed by atoms with Gasteiger partial charge in [-0.2, -0.15) is 0 Å². The van der Waals surface area contributed by atoms with Crippen LogP contribution in [0.5, 0.6) is 0 Å². The van der Waals surface area contributed by atoms with Crippen molar-refractivity contribution >= 4 is 16.7 Å². The van der Waals surface area contributed by atoms with Crippen molar-refractivity contribution in [3.05, 3.63) is 35.9 Å². The quantitative estimate of drug-likeness (QED) is 0.831. The Bertz CT molecular complexity index is 594. The van der Waals surface area contributed by atoms with Crippen LogP contribution in [-0.4, -0.2) is 51.8 Å². The van der Waals surface area contributed by atoms with Crippen LogP contribution >= 0.6 is 0 Å². The lowest BCUT2D eigenvalue weighted by molar-refractivity contribution is -0.141. The van der Waals surface area contributed by atoms with Gasteiger partial charge in [0.25, 0.3) is 0 Å². The zero-order chi connectivity index (χ0) is 16.5. The highest BCUT2D eigenvalue weighted by atomic mass is 32.2. The maximum absolute atomic E-state index is 13.4. The Hall–Kier alpha value is -1.20. The highest BCUT2D eigenvalue weighted by molar-refractivity contribution is 7.86. The van der Waals surface area contributed by atoms with Gasteiger partial charge in [0, 0.05) is 42.9 Å². The molecular weight excluding hydrogens is 310 g/mol. The fourth-order valence-corrected chi connectivity index (χ4v) is 4.90. The molecule has 1 atom stereocenters. The number of rotatable bonds is 2. The molecule has 0 aliphatic carbocycles. The van der Waals surface area contributed by atoms with Gasteiger partial charge in [-0.3, -0.25) is 9.00 Å². The van der Waals surface area contributed by atoms with E-state index in [4.69, 9.17) is 4.74 Å². The molecule has 1 unspecified atom stereocenters. The molecule has 2 aliphatic rings. The molecule has 0 N–H and O–H groups in total. The number of benzene rings is 1. The molecule has 0 aromatic heterocycles. The Balaban J connectivity index is 1.91. The summed E-state index contributed by atoms with van der Waals surface area (Å²) in [6.07, 6.45) is 1.44. The van der Waals surface area contributed by atoms with Crippen LogP contribution in [0.15, 0.2) is 30.3 Å². The van der Waals surface area contributed by atoms with Gasteiger partial charge in [-0.05, 0) is 32.3 Å². The van der Waals surface area contributed by atoms with Gasteiger partial charge in [-0.15, -0.1) is 0 Å². The van der Waals surface area contributed by atoms with Crippen LogP contribution in [0.1, 0.15) is 32.3 Å². The summed E-state index contributed by atoms with van der Waals surface area (Å²) in [6, 6.07) is 10.1. The molecule has 3 rings (SSSR count). The van der Waals surface area contributed by atoms with Crippen LogP contribution in [0.25, 0.3) is 0 Å². The Morgan fingerprint density at radius 1 is 1.17 bits per heavy atom. The fraction of sp³-hybridized carbons (Fsp3) is 0.611. The minimum atomic E-state index is -0.869. The van der Waals surface area contributed by atoms with Crippen molar-refractivity contribution in [2.24, 2.45) is 0 Å². The lowest BCUT2D eigenvalue weighted by Gasteiger charge is -2.44. The standard InChI is InChI=1S/C18H25NO3S/c1-17(2)14-19(10-13-23(17)21)16(20)18(8-11-22-12-9-18)15-6-4-3-5-7-15/h3-7H,8-14H2,1-2H3. The van der Waals surface area contributed by atoms with Crippen LogP contribution in [0, 0.1) is 0 Å². The Labute approximate surface area is 140 Å². The normalized spacial score (nSPS) is 26.7. The minimum Gasteiger partial charge on any atom is -0.381 e. The van der Waals surface area contributed by atoms with Crippen molar-refractivity contribution in [2.75, 3.05) is 32.1 Å². The van der Waals surface area contributed by atoms with Crippen molar-refractivity contribution in [3.63, 3.8) is 0 Å². The van der Waals surface area contributed by atoms with Gasteiger partial charge >= 0.3 is 0 Å². The topological polar surface area (TPSA) is 46.6 Å². The smallest absolute Gasteiger partial charge is 0.233 e. The first kappa shape index (κ1) is 16.7. The highest BCUT2D eigenvalue weighted by Crippen LogP contribution is 2.38. The molecule has 0 radical (unpaired) electrons. The molecule has 1 aromatic carbocycles. The summed E-state index contributed by atoms with van der Waals surface area (Å²) >= 11 is 0. The molecule has 2 heterocycles. The van der Waals surface area contributed by atoms with Crippen LogP contribution in [0.3, 0.4) is 0 Å². The van der Waals surface area contributed by atoms with Crippen LogP contribution in [0.4, 0.5) is 0 Å². The van der Waals surface area contributed by atoms with E-state index in [1.54, 1.807) is 0 Å². The number of nitrogens with zero attached hydrogens (tertiary/aromatic N) is 1. The van der Waals surface area contributed by atoms with Crippen molar-refractivity contribution in [1.29, 1.82) is 0 Å². The van der Waals surface area contributed by atoms with Gasteiger partial charge < -0.3 is 9.64 Å².